The first kappa shape index (κ1) is 18.6. The average Bonchev–Trinajstić information content (AvgIpc) is 3.08. The van der Waals surface area contributed by atoms with E-state index in [9.17, 15) is 4.39 Å². The summed E-state index contributed by atoms with van der Waals surface area (Å²) in [6.07, 6.45) is 3.20. The zero-order chi connectivity index (χ0) is 17.7. The van der Waals surface area contributed by atoms with Crippen LogP contribution in [0.4, 0.5) is 4.39 Å². The second-order valence-corrected chi connectivity index (χ2v) is 8.60. The van der Waals surface area contributed by atoms with E-state index >= 15 is 0 Å². The molecule has 1 aromatic heterocycles. The van der Waals surface area contributed by atoms with Crippen molar-refractivity contribution in [2.45, 2.75) is 51.2 Å². The van der Waals surface area contributed by atoms with Crippen LogP contribution in [0.2, 0.25) is 0 Å². The van der Waals surface area contributed by atoms with Gasteiger partial charge in [0.1, 0.15) is 5.82 Å². The number of nitrogens with one attached hydrogen (secondary N) is 1. The molecule has 1 aromatic carbocycles. The van der Waals surface area contributed by atoms with Gasteiger partial charge in [-0.25, -0.2) is 4.39 Å². The Labute approximate surface area is 154 Å². The molecule has 0 saturated carbocycles. The first-order chi connectivity index (χ1) is 12.0. The van der Waals surface area contributed by atoms with Crippen LogP contribution >= 0.6 is 11.3 Å². The van der Waals surface area contributed by atoms with Gasteiger partial charge in [-0.3, -0.25) is 0 Å². The van der Waals surface area contributed by atoms with Crippen molar-refractivity contribution in [1.29, 1.82) is 0 Å². The summed E-state index contributed by atoms with van der Waals surface area (Å²) in [5.74, 6) is 0.864. The molecule has 1 saturated heterocycles. The monoisotopic (exact) mass is 361 g/mol. The van der Waals surface area contributed by atoms with Gasteiger partial charge < -0.3 is 10.1 Å². The van der Waals surface area contributed by atoms with Gasteiger partial charge in [0.05, 0.1) is 5.60 Å². The summed E-state index contributed by atoms with van der Waals surface area (Å²) in [6.45, 7) is 7.06. The van der Waals surface area contributed by atoms with Crippen LogP contribution in [-0.4, -0.2) is 18.8 Å². The molecule has 1 N–H and O–H groups in total. The van der Waals surface area contributed by atoms with E-state index in [1.165, 1.54) is 10.4 Å². The fraction of sp³-hybridized carbons (Fsp3) is 0.524. The third-order valence-electron chi connectivity index (χ3n) is 5.11. The molecule has 4 heteroatoms. The van der Waals surface area contributed by atoms with Crippen LogP contribution in [0.15, 0.2) is 41.8 Å². The van der Waals surface area contributed by atoms with Gasteiger partial charge >= 0.3 is 0 Å². The highest BCUT2D eigenvalue weighted by atomic mass is 32.1. The number of benzene rings is 1. The SMILES string of the molecule is CC1(C)C[C@H]([C@H](CCNCc2cccs2)c2ccc(F)cc2)CCO1. The normalized spacial score (nSPS) is 21.2. The van der Waals surface area contributed by atoms with E-state index in [1.54, 1.807) is 23.5 Å². The van der Waals surface area contributed by atoms with Crippen molar-refractivity contribution in [2.24, 2.45) is 5.92 Å². The van der Waals surface area contributed by atoms with E-state index in [0.29, 0.717) is 11.8 Å². The maximum absolute atomic E-state index is 13.3. The first-order valence-corrected chi connectivity index (χ1v) is 10.0. The molecule has 1 aliphatic heterocycles. The third-order valence-corrected chi connectivity index (χ3v) is 5.99. The van der Waals surface area contributed by atoms with Crippen molar-refractivity contribution in [3.8, 4) is 0 Å². The number of hydrogen-bond donors (Lipinski definition) is 1. The second kappa shape index (κ2) is 8.43. The Morgan fingerprint density at radius 3 is 2.76 bits per heavy atom. The minimum Gasteiger partial charge on any atom is -0.376 e. The van der Waals surface area contributed by atoms with Gasteiger partial charge in [0.2, 0.25) is 0 Å². The van der Waals surface area contributed by atoms with E-state index in [1.807, 2.05) is 12.1 Å². The Balaban J connectivity index is 1.64. The summed E-state index contributed by atoms with van der Waals surface area (Å²) < 4.78 is 19.2. The molecule has 0 spiro atoms. The summed E-state index contributed by atoms with van der Waals surface area (Å²) in [4.78, 5) is 1.37. The molecule has 0 radical (unpaired) electrons. The van der Waals surface area contributed by atoms with E-state index in [-0.39, 0.29) is 11.4 Å². The Kier molecular flexibility index (Phi) is 6.26. The number of thiophene rings is 1. The number of rotatable bonds is 7. The summed E-state index contributed by atoms with van der Waals surface area (Å²) >= 11 is 1.79. The first-order valence-electron chi connectivity index (χ1n) is 9.16. The molecule has 136 valence electrons. The lowest BCUT2D eigenvalue weighted by atomic mass is 9.75. The van der Waals surface area contributed by atoms with Crippen LogP contribution in [0.5, 0.6) is 0 Å². The van der Waals surface area contributed by atoms with E-state index in [2.05, 4.69) is 36.7 Å². The lowest BCUT2D eigenvalue weighted by Crippen LogP contribution is -2.36. The average molecular weight is 362 g/mol. The molecule has 0 bridgehead atoms. The Bertz CT molecular complexity index is 638. The summed E-state index contributed by atoms with van der Waals surface area (Å²) in [7, 11) is 0. The number of hydrogen-bond acceptors (Lipinski definition) is 3. The van der Waals surface area contributed by atoms with E-state index in [0.717, 1.165) is 39.0 Å². The Morgan fingerprint density at radius 2 is 2.08 bits per heavy atom. The lowest BCUT2D eigenvalue weighted by Gasteiger charge is -2.39. The van der Waals surface area contributed by atoms with Crippen molar-refractivity contribution in [3.05, 3.63) is 58.0 Å². The van der Waals surface area contributed by atoms with Crippen LogP contribution in [-0.2, 0) is 11.3 Å². The molecular weight excluding hydrogens is 333 g/mol. The third kappa shape index (κ3) is 5.37. The fourth-order valence-electron chi connectivity index (χ4n) is 3.89. The predicted octanol–water partition coefficient (Wildman–Crippen LogP) is 5.36. The number of ether oxygens (including phenoxy) is 1. The van der Waals surface area contributed by atoms with Crippen LogP contribution in [0.3, 0.4) is 0 Å². The predicted molar refractivity (Wildman–Crippen MR) is 103 cm³/mol. The standard InChI is InChI=1S/C21H28FNOS/c1-21(2)14-17(10-12-24-21)20(16-5-7-18(22)8-6-16)9-11-23-15-19-4-3-13-25-19/h3-8,13,17,20,23H,9-12,14-15H2,1-2H3/t17-,20-/m1/s1. The van der Waals surface area contributed by atoms with Gasteiger partial charge in [-0.2, -0.15) is 0 Å². The maximum Gasteiger partial charge on any atom is 0.123 e. The zero-order valence-electron chi connectivity index (χ0n) is 15.1. The largest absolute Gasteiger partial charge is 0.376 e. The molecule has 2 atom stereocenters. The van der Waals surface area contributed by atoms with Gasteiger partial charge in [0, 0.05) is 18.0 Å². The van der Waals surface area contributed by atoms with Crippen LogP contribution in [0.25, 0.3) is 0 Å². The van der Waals surface area contributed by atoms with Crippen molar-refractivity contribution < 1.29 is 9.13 Å². The van der Waals surface area contributed by atoms with Gasteiger partial charge in [0.25, 0.3) is 0 Å². The quantitative estimate of drug-likeness (QED) is 0.671. The minimum absolute atomic E-state index is 0.0639. The summed E-state index contributed by atoms with van der Waals surface area (Å²) in [6, 6.07) is 11.4. The highest BCUT2D eigenvalue weighted by Crippen LogP contribution is 2.39. The smallest absolute Gasteiger partial charge is 0.123 e. The molecule has 3 rings (SSSR count). The molecule has 2 nitrogen and oxygen atoms in total. The topological polar surface area (TPSA) is 21.3 Å². The fourth-order valence-corrected chi connectivity index (χ4v) is 4.56. The van der Waals surface area contributed by atoms with Crippen molar-refractivity contribution in [1.82, 2.24) is 5.32 Å². The molecule has 0 aliphatic carbocycles. The molecule has 0 amide bonds. The van der Waals surface area contributed by atoms with Crippen LogP contribution in [0.1, 0.15) is 49.5 Å². The van der Waals surface area contributed by atoms with Gasteiger partial charge in [-0.05, 0) is 80.6 Å². The van der Waals surface area contributed by atoms with Crippen molar-refractivity contribution >= 4 is 11.3 Å². The van der Waals surface area contributed by atoms with Gasteiger partial charge in [0.15, 0.2) is 0 Å². The highest BCUT2D eigenvalue weighted by molar-refractivity contribution is 7.09. The van der Waals surface area contributed by atoms with Crippen LogP contribution < -0.4 is 5.32 Å². The van der Waals surface area contributed by atoms with Crippen molar-refractivity contribution in [3.63, 3.8) is 0 Å². The molecule has 2 heterocycles. The lowest BCUT2D eigenvalue weighted by molar-refractivity contribution is -0.0771. The molecule has 25 heavy (non-hydrogen) atoms. The van der Waals surface area contributed by atoms with E-state index in [4.69, 9.17) is 4.74 Å². The second-order valence-electron chi connectivity index (χ2n) is 7.56. The highest BCUT2D eigenvalue weighted by Gasteiger charge is 2.33. The Morgan fingerprint density at radius 1 is 1.28 bits per heavy atom. The maximum atomic E-state index is 13.3. The van der Waals surface area contributed by atoms with Crippen molar-refractivity contribution in [2.75, 3.05) is 13.2 Å². The van der Waals surface area contributed by atoms with Gasteiger partial charge in [-0.15, -0.1) is 11.3 Å². The number of halogens is 1. The molecule has 2 aromatic rings. The summed E-state index contributed by atoms with van der Waals surface area (Å²) in [5.41, 5.74) is 1.19. The Hall–Kier alpha value is -1.23. The zero-order valence-corrected chi connectivity index (χ0v) is 15.9. The van der Waals surface area contributed by atoms with Gasteiger partial charge in [-0.1, -0.05) is 18.2 Å². The molecule has 0 unspecified atom stereocenters. The van der Waals surface area contributed by atoms with E-state index < -0.39 is 0 Å². The summed E-state index contributed by atoms with van der Waals surface area (Å²) in [5, 5.41) is 5.68. The molecular formula is C21H28FNOS. The molecule has 1 aliphatic rings. The minimum atomic E-state index is -0.161. The van der Waals surface area contributed by atoms with Crippen LogP contribution in [0, 0.1) is 11.7 Å². The molecule has 1 fully saturated rings.